The monoisotopic (exact) mass is 361 g/mol. The normalized spacial score (nSPS) is 13.7. The van der Waals surface area contributed by atoms with Crippen molar-refractivity contribution in [1.82, 2.24) is 10.4 Å². The zero-order valence-corrected chi connectivity index (χ0v) is 15.4. The van der Waals surface area contributed by atoms with Crippen LogP contribution in [0, 0.1) is 0 Å². The Balaban J connectivity index is 1.46. The molecule has 0 saturated heterocycles. The van der Waals surface area contributed by atoms with Gasteiger partial charge in [0.1, 0.15) is 5.75 Å². The van der Waals surface area contributed by atoms with Gasteiger partial charge in [-0.3, -0.25) is 4.79 Å². The van der Waals surface area contributed by atoms with Crippen molar-refractivity contribution < 1.29 is 9.53 Å². The summed E-state index contributed by atoms with van der Waals surface area (Å²) >= 11 is 0. The molecule has 0 saturated carbocycles. The molecule has 0 radical (unpaired) electrons. The molecule has 2 aromatic carbocycles. The number of nitrogens with one attached hydrogen (secondary N) is 2. The van der Waals surface area contributed by atoms with E-state index >= 15 is 0 Å². The third kappa shape index (κ3) is 3.72. The average Bonchev–Trinajstić information content (AvgIpc) is 3.07. The Morgan fingerprint density at radius 1 is 1.19 bits per heavy atom. The lowest BCUT2D eigenvalue weighted by Crippen LogP contribution is -2.17. The number of carbonyl (C=O) groups excluding carboxylic acids is 1. The van der Waals surface area contributed by atoms with E-state index in [1.807, 2.05) is 49.4 Å². The molecule has 3 aromatic rings. The first-order valence-corrected chi connectivity index (χ1v) is 9.44. The number of aromatic nitrogens is 1. The summed E-state index contributed by atoms with van der Waals surface area (Å²) in [5, 5.41) is 5.24. The van der Waals surface area contributed by atoms with Crippen LogP contribution < -0.4 is 10.2 Å². The van der Waals surface area contributed by atoms with Crippen LogP contribution in [0.2, 0.25) is 0 Å². The van der Waals surface area contributed by atoms with Crippen LogP contribution in [0.3, 0.4) is 0 Å². The number of hydrogen-bond donors (Lipinski definition) is 2. The first-order valence-electron chi connectivity index (χ1n) is 9.44. The van der Waals surface area contributed by atoms with Crippen LogP contribution in [0.25, 0.3) is 10.9 Å². The molecular weight excluding hydrogens is 338 g/mol. The first kappa shape index (κ1) is 17.3. The highest BCUT2D eigenvalue weighted by Crippen LogP contribution is 2.29. The van der Waals surface area contributed by atoms with Gasteiger partial charge in [0.05, 0.1) is 12.8 Å². The second-order valence-corrected chi connectivity index (χ2v) is 6.75. The zero-order chi connectivity index (χ0) is 18.6. The molecule has 1 heterocycles. The van der Waals surface area contributed by atoms with Gasteiger partial charge in [0.2, 0.25) is 0 Å². The van der Waals surface area contributed by atoms with Gasteiger partial charge in [0.15, 0.2) is 0 Å². The van der Waals surface area contributed by atoms with Gasteiger partial charge in [-0.1, -0.05) is 0 Å². The minimum absolute atomic E-state index is 0.204. The van der Waals surface area contributed by atoms with Gasteiger partial charge >= 0.3 is 0 Å². The summed E-state index contributed by atoms with van der Waals surface area (Å²) in [4.78, 5) is 15.9. The average molecular weight is 361 g/mol. The summed E-state index contributed by atoms with van der Waals surface area (Å²) in [5.41, 5.74) is 7.93. The number of aromatic amines is 1. The Labute approximate surface area is 158 Å². The second kappa shape index (κ2) is 7.66. The van der Waals surface area contributed by atoms with E-state index in [2.05, 4.69) is 15.5 Å². The number of hydrazone groups is 1. The lowest BCUT2D eigenvalue weighted by atomic mass is 9.95. The second-order valence-electron chi connectivity index (χ2n) is 6.75. The van der Waals surface area contributed by atoms with Crippen LogP contribution in [0.4, 0.5) is 0 Å². The molecular formula is C22H23N3O2. The van der Waals surface area contributed by atoms with Gasteiger partial charge in [-0.05, 0) is 86.2 Å². The standard InChI is InChI=1S/C22H23N3O2/c1-2-27-17-10-7-15(8-11-17)14-23-25-22(26)16-9-12-21-19(13-16)18-5-3-4-6-20(18)24-21/h7-14,24H,2-6H2,1H3,(H,25,26)/b23-14-. The number of fused-ring (bicyclic) bond motifs is 3. The van der Waals surface area contributed by atoms with E-state index < -0.39 is 0 Å². The Bertz CT molecular complexity index is 987. The van der Waals surface area contributed by atoms with Gasteiger partial charge in [-0.15, -0.1) is 0 Å². The fourth-order valence-electron chi connectivity index (χ4n) is 3.59. The Hall–Kier alpha value is -3.08. The number of amides is 1. The molecule has 27 heavy (non-hydrogen) atoms. The van der Waals surface area contributed by atoms with E-state index in [4.69, 9.17) is 4.74 Å². The van der Waals surface area contributed by atoms with Crippen molar-refractivity contribution >= 4 is 23.0 Å². The van der Waals surface area contributed by atoms with Gasteiger partial charge in [0.25, 0.3) is 5.91 Å². The number of ether oxygens (including phenoxy) is 1. The predicted octanol–water partition coefficient (Wildman–Crippen LogP) is 4.21. The molecule has 5 nitrogen and oxygen atoms in total. The first-order chi connectivity index (χ1) is 13.2. The maximum atomic E-state index is 12.5. The largest absolute Gasteiger partial charge is 0.494 e. The van der Waals surface area contributed by atoms with Crippen molar-refractivity contribution in [1.29, 1.82) is 0 Å². The highest BCUT2D eigenvalue weighted by molar-refractivity contribution is 5.99. The van der Waals surface area contributed by atoms with Crippen LogP contribution in [-0.4, -0.2) is 23.7 Å². The summed E-state index contributed by atoms with van der Waals surface area (Å²) in [6.45, 7) is 2.59. The molecule has 4 rings (SSSR count). The lowest BCUT2D eigenvalue weighted by Gasteiger charge is -2.10. The quantitative estimate of drug-likeness (QED) is 0.528. The Morgan fingerprint density at radius 3 is 2.81 bits per heavy atom. The topological polar surface area (TPSA) is 66.5 Å². The predicted molar refractivity (Wildman–Crippen MR) is 108 cm³/mol. The summed E-state index contributed by atoms with van der Waals surface area (Å²) in [5.74, 6) is 0.617. The van der Waals surface area contributed by atoms with Crippen molar-refractivity contribution in [2.24, 2.45) is 5.10 Å². The number of aryl methyl sites for hydroxylation is 2. The molecule has 5 heteroatoms. The minimum Gasteiger partial charge on any atom is -0.494 e. The number of carbonyl (C=O) groups is 1. The maximum Gasteiger partial charge on any atom is 0.271 e. The molecule has 0 spiro atoms. The van der Waals surface area contributed by atoms with E-state index in [0.29, 0.717) is 12.2 Å². The Kier molecular flexibility index (Phi) is 4.92. The smallest absolute Gasteiger partial charge is 0.271 e. The molecule has 1 amide bonds. The van der Waals surface area contributed by atoms with Gasteiger partial charge in [-0.25, -0.2) is 5.43 Å². The van der Waals surface area contributed by atoms with Crippen molar-refractivity contribution in [3.05, 3.63) is 64.8 Å². The molecule has 1 aliphatic carbocycles. The molecule has 0 bridgehead atoms. The summed E-state index contributed by atoms with van der Waals surface area (Å²) in [6, 6.07) is 13.4. The summed E-state index contributed by atoms with van der Waals surface area (Å²) in [7, 11) is 0. The number of benzene rings is 2. The number of hydrogen-bond acceptors (Lipinski definition) is 3. The molecule has 0 atom stereocenters. The molecule has 1 aliphatic rings. The van der Waals surface area contributed by atoms with Gasteiger partial charge in [-0.2, -0.15) is 5.10 Å². The van der Waals surface area contributed by atoms with Gasteiger partial charge in [0, 0.05) is 22.2 Å². The summed E-state index contributed by atoms with van der Waals surface area (Å²) in [6.07, 6.45) is 6.24. The third-order valence-corrected chi connectivity index (χ3v) is 4.93. The number of H-pyrrole nitrogens is 1. The van der Waals surface area contributed by atoms with E-state index in [1.54, 1.807) is 6.21 Å². The van der Waals surface area contributed by atoms with Crippen molar-refractivity contribution in [2.45, 2.75) is 32.6 Å². The lowest BCUT2D eigenvalue weighted by molar-refractivity contribution is 0.0955. The summed E-state index contributed by atoms with van der Waals surface area (Å²) < 4.78 is 5.41. The third-order valence-electron chi connectivity index (χ3n) is 4.93. The van der Waals surface area contributed by atoms with E-state index in [1.165, 1.54) is 24.1 Å². The van der Waals surface area contributed by atoms with E-state index in [0.717, 1.165) is 35.1 Å². The van der Waals surface area contributed by atoms with Crippen molar-refractivity contribution in [2.75, 3.05) is 6.61 Å². The van der Waals surface area contributed by atoms with Crippen LogP contribution >= 0.6 is 0 Å². The highest BCUT2D eigenvalue weighted by Gasteiger charge is 2.16. The molecule has 1 aromatic heterocycles. The molecule has 138 valence electrons. The van der Waals surface area contributed by atoms with Crippen LogP contribution in [0.1, 0.15) is 46.9 Å². The van der Waals surface area contributed by atoms with Crippen LogP contribution in [-0.2, 0) is 12.8 Å². The fourth-order valence-corrected chi connectivity index (χ4v) is 3.59. The molecule has 0 unspecified atom stereocenters. The van der Waals surface area contributed by atoms with E-state index in [9.17, 15) is 4.79 Å². The van der Waals surface area contributed by atoms with Crippen LogP contribution in [0.15, 0.2) is 47.6 Å². The number of nitrogens with zero attached hydrogens (tertiary/aromatic N) is 1. The van der Waals surface area contributed by atoms with Gasteiger partial charge < -0.3 is 9.72 Å². The molecule has 2 N–H and O–H groups in total. The van der Waals surface area contributed by atoms with E-state index in [-0.39, 0.29) is 5.91 Å². The van der Waals surface area contributed by atoms with Crippen molar-refractivity contribution in [3.63, 3.8) is 0 Å². The molecule has 0 aliphatic heterocycles. The maximum absolute atomic E-state index is 12.5. The Morgan fingerprint density at radius 2 is 2.00 bits per heavy atom. The SMILES string of the molecule is CCOc1ccc(/C=N\NC(=O)c2ccc3[nH]c4c(c3c2)CCCC4)cc1. The highest BCUT2D eigenvalue weighted by atomic mass is 16.5. The van der Waals surface area contributed by atoms with Crippen LogP contribution in [0.5, 0.6) is 5.75 Å². The minimum atomic E-state index is -0.204. The van der Waals surface area contributed by atoms with Crippen molar-refractivity contribution in [3.8, 4) is 5.75 Å². The molecule has 0 fully saturated rings. The number of rotatable bonds is 5. The fraction of sp³-hybridized carbons (Fsp3) is 0.273. The zero-order valence-electron chi connectivity index (χ0n) is 15.4.